The summed E-state index contributed by atoms with van der Waals surface area (Å²) in [5, 5.41) is 3.49. The molecule has 0 fully saturated rings. The lowest BCUT2D eigenvalue weighted by molar-refractivity contribution is 0.303. The average Bonchev–Trinajstić information content (AvgIpc) is 2.48. The topological polar surface area (TPSA) is 90.7 Å². The quantitative estimate of drug-likeness (QED) is 0.651. The molecule has 0 amide bonds. The molecule has 0 aromatic heterocycles. The van der Waals surface area contributed by atoms with Crippen LogP contribution in [0.4, 0.5) is 11.4 Å². The molecular formula is C15H16ClN3O2. The molecule has 5 nitrogen and oxygen atoms in total. The molecule has 4 N–H and O–H groups in total. The molecule has 2 aromatic carbocycles. The van der Waals surface area contributed by atoms with Crippen molar-refractivity contribution >= 4 is 23.0 Å². The van der Waals surface area contributed by atoms with Crippen LogP contribution in [0.15, 0.2) is 35.5 Å². The van der Waals surface area contributed by atoms with Crippen LogP contribution >= 0.6 is 11.6 Å². The Kier molecular flexibility index (Phi) is 4.77. The van der Waals surface area contributed by atoms with Gasteiger partial charge in [0.2, 0.25) is 0 Å². The summed E-state index contributed by atoms with van der Waals surface area (Å²) in [6.45, 7) is 2.56. The minimum absolute atomic E-state index is 0.226. The predicted octanol–water partition coefficient (Wildman–Crippen LogP) is 3.67. The zero-order valence-corrected chi connectivity index (χ0v) is 12.4. The third kappa shape index (κ3) is 3.51. The summed E-state index contributed by atoms with van der Waals surface area (Å²) >= 11 is 6.07. The monoisotopic (exact) mass is 305 g/mol. The minimum Gasteiger partial charge on any atom is -0.489 e. The molecule has 0 spiro atoms. The summed E-state index contributed by atoms with van der Waals surface area (Å²) in [5.74, 6) is 0.690. The zero-order valence-electron chi connectivity index (χ0n) is 11.6. The van der Waals surface area contributed by atoms with E-state index < -0.39 is 0 Å². The van der Waals surface area contributed by atoms with Gasteiger partial charge >= 0.3 is 0 Å². The Bertz CT molecular complexity index is 674. The van der Waals surface area contributed by atoms with Gasteiger partial charge in [-0.15, -0.1) is 4.91 Å². The molecular weight excluding hydrogens is 290 g/mol. The van der Waals surface area contributed by atoms with E-state index in [4.69, 9.17) is 27.8 Å². The number of benzene rings is 2. The van der Waals surface area contributed by atoms with Crippen molar-refractivity contribution in [1.29, 1.82) is 0 Å². The van der Waals surface area contributed by atoms with E-state index in [1.54, 1.807) is 24.3 Å². The highest BCUT2D eigenvalue weighted by molar-refractivity contribution is 6.31. The van der Waals surface area contributed by atoms with Gasteiger partial charge in [0.25, 0.3) is 0 Å². The molecule has 0 bridgehead atoms. The number of nitroso groups, excluding NO2 is 1. The van der Waals surface area contributed by atoms with Crippen molar-refractivity contribution in [3.05, 3.63) is 57.0 Å². The number of nitrogen functional groups attached to an aromatic ring is 1. The van der Waals surface area contributed by atoms with Crippen molar-refractivity contribution < 1.29 is 4.74 Å². The van der Waals surface area contributed by atoms with Gasteiger partial charge in [-0.25, -0.2) is 0 Å². The number of hydrogen-bond donors (Lipinski definition) is 2. The summed E-state index contributed by atoms with van der Waals surface area (Å²) in [6.07, 6.45) is 0. The lowest BCUT2D eigenvalue weighted by Crippen LogP contribution is -2.04. The summed E-state index contributed by atoms with van der Waals surface area (Å²) in [7, 11) is 0. The lowest BCUT2D eigenvalue weighted by Gasteiger charge is -2.13. The van der Waals surface area contributed by atoms with E-state index in [0.717, 1.165) is 16.7 Å². The van der Waals surface area contributed by atoms with Gasteiger partial charge in [0.15, 0.2) is 0 Å². The second-order valence-electron chi connectivity index (χ2n) is 4.69. The van der Waals surface area contributed by atoms with Gasteiger partial charge in [0, 0.05) is 17.1 Å². The van der Waals surface area contributed by atoms with E-state index in [1.807, 2.05) is 13.0 Å². The fourth-order valence-corrected chi connectivity index (χ4v) is 2.11. The summed E-state index contributed by atoms with van der Waals surface area (Å²) in [4.78, 5) is 10.5. The second-order valence-corrected chi connectivity index (χ2v) is 5.09. The summed E-state index contributed by atoms with van der Waals surface area (Å²) < 4.78 is 5.78. The highest BCUT2D eigenvalue weighted by Crippen LogP contribution is 2.28. The molecule has 0 atom stereocenters. The smallest absolute Gasteiger partial charge is 0.130 e. The molecule has 110 valence electrons. The molecule has 0 heterocycles. The maximum absolute atomic E-state index is 10.5. The largest absolute Gasteiger partial charge is 0.489 e. The molecule has 0 radical (unpaired) electrons. The van der Waals surface area contributed by atoms with Gasteiger partial charge in [-0.05, 0) is 47.5 Å². The standard InChI is InChI=1S/C15H16ClN3O2/c1-9-4-15(11(7-17)6-12(9)16)21-8-10-2-3-14(19-20)13(18)5-10/h2-6H,7-8,17-18H2,1H3. The van der Waals surface area contributed by atoms with Crippen LogP contribution in [-0.2, 0) is 13.2 Å². The molecule has 0 aliphatic carbocycles. The first-order valence-electron chi connectivity index (χ1n) is 6.38. The van der Waals surface area contributed by atoms with E-state index in [-0.39, 0.29) is 5.69 Å². The molecule has 0 aliphatic heterocycles. The molecule has 0 aliphatic rings. The van der Waals surface area contributed by atoms with Crippen molar-refractivity contribution in [3.63, 3.8) is 0 Å². The lowest BCUT2D eigenvalue weighted by atomic mass is 10.1. The molecule has 6 heteroatoms. The maximum atomic E-state index is 10.5. The number of rotatable bonds is 5. The maximum Gasteiger partial charge on any atom is 0.130 e. The second kappa shape index (κ2) is 6.56. The Morgan fingerprint density at radius 2 is 2.05 bits per heavy atom. The van der Waals surface area contributed by atoms with E-state index in [0.29, 0.717) is 29.6 Å². The first kappa shape index (κ1) is 15.3. The third-order valence-corrected chi connectivity index (χ3v) is 3.55. The van der Waals surface area contributed by atoms with Crippen molar-refractivity contribution in [2.24, 2.45) is 10.9 Å². The van der Waals surface area contributed by atoms with Gasteiger partial charge in [-0.3, -0.25) is 0 Å². The molecule has 2 aromatic rings. The van der Waals surface area contributed by atoms with Crippen LogP contribution in [0, 0.1) is 11.8 Å². The highest BCUT2D eigenvalue weighted by atomic mass is 35.5. The summed E-state index contributed by atoms with van der Waals surface area (Å²) in [6, 6.07) is 8.65. The van der Waals surface area contributed by atoms with Crippen molar-refractivity contribution in [2.45, 2.75) is 20.1 Å². The number of halogens is 1. The van der Waals surface area contributed by atoms with E-state index >= 15 is 0 Å². The van der Waals surface area contributed by atoms with Crippen molar-refractivity contribution in [3.8, 4) is 5.75 Å². The Morgan fingerprint density at radius 3 is 2.67 bits per heavy atom. The van der Waals surface area contributed by atoms with Crippen molar-refractivity contribution in [1.82, 2.24) is 0 Å². The Morgan fingerprint density at radius 1 is 1.29 bits per heavy atom. The number of anilines is 1. The van der Waals surface area contributed by atoms with E-state index in [9.17, 15) is 4.91 Å². The Hall–Kier alpha value is -2.11. The van der Waals surface area contributed by atoms with Crippen LogP contribution in [0.2, 0.25) is 5.02 Å². The fourth-order valence-electron chi connectivity index (χ4n) is 1.93. The van der Waals surface area contributed by atoms with Crippen LogP contribution in [0.25, 0.3) is 0 Å². The van der Waals surface area contributed by atoms with E-state index in [1.165, 1.54) is 0 Å². The predicted molar refractivity (Wildman–Crippen MR) is 84.7 cm³/mol. The molecule has 0 unspecified atom stereocenters. The minimum atomic E-state index is 0.226. The first-order valence-corrected chi connectivity index (χ1v) is 6.76. The van der Waals surface area contributed by atoms with Crippen LogP contribution in [0.3, 0.4) is 0 Å². The average molecular weight is 306 g/mol. The van der Waals surface area contributed by atoms with Gasteiger partial charge in [-0.1, -0.05) is 17.7 Å². The molecule has 21 heavy (non-hydrogen) atoms. The third-order valence-electron chi connectivity index (χ3n) is 3.15. The molecule has 0 saturated heterocycles. The van der Waals surface area contributed by atoms with Gasteiger partial charge in [0.1, 0.15) is 18.0 Å². The van der Waals surface area contributed by atoms with Gasteiger partial charge < -0.3 is 16.2 Å². The van der Waals surface area contributed by atoms with Crippen molar-refractivity contribution in [2.75, 3.05) is 5.73 Å². The highest BCUT2D eigenvalue weighted by Gasteiger charge is 2.08. The first-order chi connectivity index (χ1) is 10.0. The fraction of sp³-hybridized carbons (Fsp3) is 0.200. The van der Waals surface area contributed by atoms with Gasteiger partial charge in [-0.2, -0.15) is 0 Å². The van der Waals surface area contributed by atoms with Crippen LogP contribution in [-0.4, -0.2) is 0 Å². The summed E-state index contributed by atoms with van der Waals surface area (Å²) in [5.41, 5.74) is 14.6. The number of aryl methyl sites for hydroxylation is 1. The SMILES string of the molecule is Cc1cc(OCc2ccc(N=O)c(N)c2)c(CN)cc1Cl. The molecule has 2 rings (SSSR count). The Labute approximate surface area is 127 Å². The molecule has 0 saturated carbocycles. The normalized spacial score (nSPS) is 10.4. The van der Waals surface area contributed by atoms with E-state index in [2.05, 4.69) is 5.18 Å². The van der Waals surface area contributed by atoms with Crippen LogP contribution in [0.5, 0.6) is 5.75 Å². The van der Waals surface area contributed by atoms with Gasteiger partial charge in [0.05, 0.1) is 5.69 Å². The van der Waals surface area contributed by atoms with Crippen LogP contribution < -0.4 is 16.2 Å². The number of nitrogens with two attached hydrogens (primary N) is 2. The number of hydrogen-bond acceptors (Lipinski definition) is 5. The van der Waals surface area contributed by atoms with Crippen LogP contribution in [0.1, 0.15) is 16.7 Å². The number of ether oxygens (including phenoxy) is 1. The zero-order chi connectivity index (χ0) is 15.4. The number of nitrogens with zero attached hydrogens (tertiary/aromatic N) is 1. The Balaban J connectivity index is 2.18.